The van der Waals surface area contributed by atoms with Gasteiger partial charge < -0.3 is 26.2 Å². The Morgan fingerprint density at radius 3 is 1.53 bits per heavy atom. The SMILES string of the molecule is CC(O)C(N)C(=O)O.O=C(O)CCCC(=O)O. The van der Waals surface area contributed by atoms with Crippen molar-refractivity contribution in [2.45, 2.75) is 38.3 Å². The summed E-state index contributed by atoms with van der Waals surface area (Å²) in [5.74, 6) is -3.08. The standard InChI is InChI=1S/C5H8O4.C4H9NO3/c6-4(7)2-1-3-5(8)9;1-2(6)3(5)4(7)8/h1-3H2,(H,6,7)(H,8,9);2-3,6H,5H2,1H3,(H,7,8). The van der Waals surface area contributed by atoms with Gasteiger partial charge in [-0.2, -0.15) is 0 Å². The van der Waals surface area contributed by atoms with Crippen molar-refractivity contribution in [3.05, 3.63) is 0 Å². The summed E-state index contributed by atoms with van der Waals surface area (Å²) in [6.07, 6.45) is -0.893. The minimum Gasteiger partial charge on any atom is -0.481 e. The lowest BCUT2D eigenvalue weighted by atomic mass is 10.2. The predicted octanol–water partition coefficient (Wildman–Crippen LogP) is -0.895. The Bertz CT molecular complexity index is 250. The zero-order valence-electron chi connectivity index (χ0n) is 9.37. The Morgan fingerprint density at radius 2 is 1.41 bits per heavy atom. The third-order valence-electron chi connectivity index (χ3n) is 1.59. The van der Waals surface area contributed by atoms with Crippen LogP contribution >= 0.6 is 0 Å². The van der Waals surface area contributed by atoms with Crippen molar-refractivity contribution in [1.29, 1.82) is 0 Å². The number of carboxylic acids is 3. The highest BCUT2D eigenvalue weighted by molar-refractivity contribution is 5.73. The number of carboxylic acid groups (broad SMARTS) is 3. The second-order valence-electron chi connectivity index (χ2n) is 3.25. The molecular formula is C9H17NO7. The Balaban J connectivity index is 0. The van der Waals surface area contributed by atoms with Crippen molar-refractivity contribution in [3.63, 3.8) is 0 Å². The molecule has 100 valence electrons. The van der Waals surface area contributed by atoms with Crippen molar-refractivity contribution in [2.24, 2.45) is 5.73 Å². The normalized spacial score (nSPS) is 12.9. The highest BCUT2D eigenvalue weighted by Gasteiger charge is 2.16. The van der Waals surface area contributed by atoms with E-state index in [4.69, 9.17) is 26.2 Å². The Hall–Kier alpha value is -1.67. The number of aliphatic hydroxyl groups is 1. The molecule has 0 aromatic heterocycles. The fraction of sp³-hybridized carbons (Fsp3) is 0.667. The molecule has 17 heavy (non-hydrogen) atoms. The lowest BCUT2D eigenvalue weighted by molar-refractivity contribution is -0.141. The maximum Gasteiger partial charge on any atom is 0.323 e. The molecule has 2 atom stereocenters. The zero-order valence-corrected chi connectivity index (χ0v) is 9.37. The highest BCUT2D eigenvalue weighted by atomic mass is 16.4. The van der Waals surface area contributed by atoms with E-state index < -0.39 is 30.1 Å². The molecule has 0 aromatic carbocycles. The Labute approximate surface area is 97.7 Å². The van der Waals surface area contributed by atoms with E-state index in [2.05, 4.69) is 0 Å². The molecule has 0 saturated heterocycles. The Kier molecular flexibility index (Phi) is 9.95. The minimum absolute atomic E-state index is 0.0632. The molecule has 6 N–H and O–H groups in total. The quantitative estimate of drug-likeness (QED) is 0.406. The maximum absolute atomic E-state index is 9.86. The van der Waals surface area contributed by atoms with Gasteiger partial charge in [0, 0.05) is 12.8 Å². The van der Waals surface area contributed by atoms with Crippen LogP contribution in [-0.4, -0.2) is 50.5 Å². The molecule has 0 bridgehead atoms. The summed E-state index contributed by atoms with van der Waals surface area (Å²) >= 11 is 0. The van der Waals surface area contributed by atoms with Crippen LogP contribution in [0.5, 0.6) is 0 Å². The second kappa shape index (κ2) is 9.55. The van der Waals surface area contributed by atoms with E-state index in [0.29, 0.717) is 0 Å². The monoisotopic (exact) mass is 251 g/mol. The molecule has 0 spiro atoms. The summed E-state index contributed by atoms with van der Waals surface area (Å²) in [6, 6.07) is -1.16. The van der Waals surface area contributed by atoms with Crippen molar-refractivity contribution < 1.29 is 34.8 Å². The van der Waals surface area contributed by atoms with Crippen LogP contribution in [0.2, 0.25) is 0 Å². The number of hydrogen-bond donors (Lipinski definition) is 5. The molecule has 0 aromatic rings. The molecular weight excluding hydrogens is 234 g/mol. The van der Waals surface area contributed by atoms with Crippen molar-refractivity contribution >= 4 is 17.9 Å². The first kappa shape index (κ1) is 17.7. The van der Waals surface area contributed by atoms with Gasteiger partial charge >= 0.3 is 17.9 Å². The van der Waals surface area contributed by atoms with Gasteiger partial charge in [0.1, 0.15) is 6.04 Å². The van der Waals surface area contributed by atoms with Crippen LogP contribution in [-0.2, 0) is 14.4 Å². The maximum atomic E-state index is 9.86. The summed E-state index contributed by atoms with van der Waals surface area (Å²) < 4.78 is 0. The average Bonchev–Trinajstić information content (AvgIpc) is 2.15. The van der Waals surface area contributed by atoms with Gasteiger partial charge in [0.25, 0.3) is 0 Å². The summed E-state index contributed by atoms with van der Waals surface area (Å²) in [7, 11) is 0. The van der Waals surface area contributed by atoms with E-state index in [1.165, 1.54) is 6.92 Å². The third-order valence-corrected chi connectivity index (χ3v) is 1.59. The van der Waals surface area contributed by atoms with E-state index in [-0.39, 0.29) is 19.3 Å². The van der Waals surface area contributed by atoms with Crippen LogP contribution in [0.1, 0.15) is 26.2 Å². The molecule has 8 nitrogen and oxygen atoms in total. The van der Waals surface area contributed by atoms with E-state index >= 15 is 0 Å². The van der Waals surface area contributed by atoms with Gasteiger partial charge in [0.05, 0.1) is 6.10 Å². The van der Waals surface area contributed by atoms with E-state index in [9.17, 15) is 14.4 Å². The van der Waals surface area contributed by atoms with Crippen molar-refractivity contribution in [1.82, 2.24) is 0 Å². The average molecular weight is 251 g/mol. The van der Waals surface area contributed by atoms with E-state index in [1.54, 1.807) is 0 Å². The molecule has 0 aliphatic heterocycles. The fourth-order valence-corrected chi connectivity index (χ4v) is 0.597. The summed E-state index contributed by atoms with van der Waals surface area (Å²) in [5.41, 5.74) is 4.91. The summed E-state index contributed by atoms with van der Waals surface area (Å²) in [4.78, 5) is 29.4. The van der Waals surface area contributed by atoms with Crippen LogP contribution in [0.4, 0.5) is 0 Å². The van der Waals surface area contributed by atoms with Gasteiger partial charge in [-0.05, 0) is 13.3 Å². The lowest BCUT2D eigenvalue weighted by Gasteiger charge is -2.06. The fourth-order valence-electron chi connectivity index (χ4n) is 0.597. The van der Waals surface area contributed by atoms with Crippen LogP contribution in [0.15, 0.2) is 0 Å². The summed E-state index contributed by atoms with van der Waals surface area (Å²) in [5, 5.41) is 32.6. The molecule has 0 rings (SSSR count). The predicted molar refractivity (Wildman–Crippen MR) is 56.4 cm³/mol. The van der Waals surface area contributed by atoms with Gasteiger partial charge in [-0.3, -0.25) is 14.4 Å². The Morgan fingerprint density at radius 1 is 1.06 bits per heavy atom. The number of carbonyl (C=O) groups is 3. The minimum atomic E-state index is -1.18. The lowest BCUT2D eigenvalue weighted by Crippen LogP contribution is -2.39. The number of rotatable bonds is 6. The van der Waals surface area contributed by atoms with Gasteiger partial charge in [-0.25, -0.2) is 0 Å². The van der Waals surface area contributed by atoms with E-state index in [0.717, 1.165) is 0 Å². The topological polar surface area (TPSA) is 158 Å². The third kappa shape index (κ3) is 14.3. The van der Waals surface area contributed by atoms with Crippen LogP contribution in [0.25, 0.3) is 0 Å². The van der Waals surface area contributed by atoms with Gasteiger partial charge in [0.15, 0.2) is 0 Å². The smallest absolute Gasteiger partial charge is 0.323 e. The second-order valence-corrected chi connectivity index (χ2v) is 3.25. The number of aliphatic hydroxyl groups excluding tert-OH is 1. The number of nitrogens with two attached hydrogens (primary N) is 1. The molecule has 0 aliphatic carbocycles. The van der Waals surface area contributed by atoms with Gasteiger partial charge in [0.2, 0.25) is 0 Å². The van der Waals surface area contributed by atoms with Gasteiger partial charge in [-0.15, -0.1) is 0 Å². The molecule has 8 heteroatoms. The first-order valence-electron chi connectivity index (χ1n) is 4.78. The van der Waals surface area contributed by atoms with E-state index in [1.807, 2.05) is 0 Å². The molecule has 0 saturated carbocycles. The number of aliphatic carboxylic acids is 3. The first-order valence-corrected chi connectivity index (χ1v) is 4.78. The molecule has 0 aliphatic rings. The molecule has 0 fully saturated rings. The molecule has 2 unspecified atom stereocenters. The van der Waals surface area contributed by atoms with Crippen LogP contribution in [0, 0.1) is 0 Å². The van der Waals surface area contributed by atoms with Crippen molar-refractivity contribution in [2.75, 3.05) is 0 Å². The molecule has 0 radical (unpaired) electrons. The highest BCUT2D eigenvalue weighted by Crippen LogP contribution is 1.93. The number of hydrogen-bond acceptors (Lipinski definition) is 5. The molecule has 0 heterocycles. The van der Waals surface area contributed by atoms with Gasteiger partial charge in [-0.1, -0.05) is 0 Å². The largest absolute Gasteiger partial charge is 0.481 e. The van der Waals surface area contributed by atoms with Crippen LogP contribution in [0.3, 0.4) is 0 Å². The molecule has 0 amide bonds. The van der Waals surface area contributed by atoms with Crippen molar-refractivity contribution in [3.8, 4) is 0 Å². The summed E-state index contributed by atoms with van der Waals surface area (Å²) in [6.45, 7) is 1.33. The zero-order chi connectivity index (χ0) is 14.0. The van der Waals surface area contributed by atoms with Crippen LogP contribution < -0.4 is 5.73 Å². The first-order chi connectivity index (χ1) is 7.68.